The summed E-state index contributed by atoms with van der Waals surface area (Å²) < 4.78 is 3.18. The maximum atomic E-state index is 13.1. The van der Waals surface area contributed by atoms with Gasteiger partial charge in [0.2, 0.25) is 11.6 Å². The quantitative estimate of drug-likeness (QED) is 0.499. The van der Waals surface area contributed by atoms with Crippen molar-refractivity contribution in [2.45, 2.75) is 33.2 Å². The zero-order valence-electron chi connectivity index (χ0n) is 16.8. The number of ketones is 1. The molecule has 0 spiro atoms. The van der Waals surface area contributed by atoms with Gasteiger partial charge in [-0.3, -0.25) is 23.4 Å². The second-order valence-corrected chi connectivity index (χ2v) is 7.09. The van der Waals surface area contributed by atoms with E-state index in [0.29, 0.717) is 23.2 Å². The minimum Gasteiger partial charge on any atom is -0.325 e. The number of amides is 1. The molecule has 0 fully saturated rings. The van der Waals surface area contributed by atoms with Crippen LogP contribution in [0.5, 0.6) is 0 Å². The monoisotopic (exact) mass is 403 g/mol. The van der Waals surface area contributed by atoms with Crippen LogP contribution in [0.1, 0.15) is 36.5 Å². The molecule has 1 amide bonds. The molecule has 2 heterocycles. The lowest BCUT2D eigenvalue weighted by Crippen LogP contribution is -2.29. The van der Waals surface area contributed by atoms with Crippen molar-refractivity contribution in [3.63, 3.8) is 0 Å². The smallest absolute Gasteiger partial charge is 0.297 e. The lowest BCUT2D eigenvalue weighted by atomic mass is 10.1. The van der Waals surface area contributed by atoms with Crippen LogP contribution in [-0.4, -0.2) is 30.9 Å². The Morgan fingerprint density at radius 3 is 2.37 bits per heavy atom. The van der Waals surface area contributed by atoms with E-state index in [9.17, 15) is 14.4 Å². The molecule has 8 nitrogen and oxygen atoms in total. The first kappa shape index (κ1) is 19.5. The predicted octanol–water partition coefficient (Wildman–Crippen LogP) is 2.84. The van der Waals surface area contributed by atoms with E-state index in [1.165, 1.54) is 11.5 Å². The highest BCUT2D eigenvalue weighted by atomic mass is 16.2. The number of fused-ring (bicyclic) bond motifs is 3. The fraction of sp³-hybridized carbons (Fsp3) is 0.227. The zero-order valence-corrected chi connectivity index (χ0v) is 16.8. The molecule has 0 aliphatic heterocycles. The third-order valence-corrected chi connectivity index (χ3v) is 4.93. The summed E-state index contributed by atoms with van der Waals surface area (Å²) in [5.74, 6) is 0.327. The van der Waals surface area contributed by atoms with Crippen LogP contribution in [0, 0.1) is 0 Å². The Morgan fingerprint density at radius 1 is 1.00 bits per heavy atom. The number of carbonyl (C=O) groups is 2. The third kappa shape index (κ3) is 3.47. The van der Waals surface area contributed by atoms with Crippen LogP contribution in [0.25, 0.3) is 16.7 Å². The lowest BCUT2D eigenvalue weighted by Gasteiger charge is -2.13. The highest BCUT2D eigenvalue weighted by Crippen LogP contribution is 2.17. The Labute approximate surface area is 172 Å². The second-order valence-electron chi connectivity index (χ2n) is 7.09. The Bertz CT molecular complexity index is 1320. The number of nitrogens with zero attached hydrogens (tertiary/aromatic N) is 4. The van der Waals surface area contributed by atoms with Crippen molar-refractivity contribution in [2.75, 3.05) is 5.32 Å². The van der Waals surface area contributed by atoms with Crippen LogP contribution < -0.4 is 10.9 Å². The summed E-state index contributed by atoms with van der Waals surface area (Å²) in [4.78, 5) is 37.1. The summed E-state index contributed by atoms with van der Waals surface area (Å²) in [5, 5.41) is 11.0. The molecule has 152 valence electrons. The highest BCUT2D eigenvalue weighted by Gasteiger charge is 2.17. The Morgan fingerprint density at radius 2 is 1.70 bits per heavy atom. The number of hydrogen-bond acceptors (Lipinski definition) is 5. The molecule has 0 atom stereocenters. The van der Waals surface area contributed by atoms with Crippen LogP contribution in [0.4, 0.5) is 5.69 Å². The van der Waals surface area contributed by atoms with E-state index in [1.54, 1.807) is 34.7 Å². The zero-order chi connectivity index (χ0) is 21.3. The van der Waals surface area contributed by atoms with E-state index in [0.717, 1.165) is 17.8 Å². The average Bonchev–Trinajstić information content (AvgIpc) is 3.16. The first-order valence-corrected chi connectivity index (χ1v) is 9.76. The first-order chi connectivity index (χ1) is 14.5. The number of Topliss-reactive ketones (excluding diaryl/α,β-unsaturated/α-hetero) is 1. The summed E-state index contributed by atoms with van der Waals surface area (Å²) in [6.07, 6.45) is 1.58. The highest BCUT2D eigenvalue weighted by molar-refractivity contribution is 5.96. The van der Waals surface area contributed by atoms with Gasteiger partial charge < -0.3 is 5.32 Å². The van der Waals surface area contributed by atoms with Crippen molar-refractivity contribution in [1.29, 1.82) is 0 Å². The molecule has 2 aromatic carbocycles. The molecule has 0 aliphatic carbocycles. The van der Waals surface area contributed by atoms with Gasteiger partial charge in [-0.05, 0) is 49.7 Å². The molecule has 30 heavy (non-hydrogen) atoms. The van der Waals surface area contributed by atoms with Crippen LogP contribution >= 0.6 is 0 Å². The topological polar surface area (TPSA) is 98.4 Å². The van der Waals surface area contributed by atoms with E-state index in [-0.39, 0.29) is 29.4 Å². The number of rotatable bonds is 6. The molecule has 0 unspecified atom stereocenters. The summed E-state index contributed by atoms with van der Waals surface area (Å²) in [6, 6.07) is 14.0. The van der Waals surface area contributed by atoms with Gasteiger partial charge in [0, 0.05) is 17.7 Å². The largest absolute Gasteiger partial charge is 0.325 e. The maximum absolute atomic E-state index is 13.1. The van der Waals surface area contributed by atoms with E-state index in [1.807, 2.05) is 25.1 Å². The summed E-state index contributed by atoms with van der Waals surface area (Å²) in [6.45, 7) is 3.36. The van der Waals surface area contributed by atoms with Crippen molar-refractivity contribution < 1.29 is 9.59 Å². The first-order valence-electron chi connectivity index (χ1n) is 9.76. The number of hydrogen-bond donors (Lipinski definition) is 1. The van der Waals surface area contributed by atoms with Crippen LogP contribution in [-0.2, 0) is 17.8 Å². The minimum absolute atomic E-state index is 0.0463. The minimum atomic E-state index is -0.370. The van der Waals surface area contributed by atoms with Gasteiger partial charge in [-0.25, -0.2) is 0 Å². The fourth-order valence-electron chi connectivity index (χ4n) is 3.49. The van der Waals surface area contributed by atoms with Gasteiger partial charge in [0.05, 0.1) is 11.0 Å². The summed E-state index contributed by atoms with van der Waals surface area (Å²) in [7, 11) is 0. The molecule has 0 saturated carbocycles. The van der Waals surface area contributed by atoms with Crippen molar-refractivity contribution >= 4 is 34.1 Å². The number of benzene rings is 2. The lowest BCUT2D eigenvalue weighted by molar-refractivity contribution is -0.116. The molecule has 1 N–H and O–H groups in total. The Kier molecular flexibility index (Phi) is 5.14. The molecule has 0 saturated heterocycles. The van der Waals surface area contributed by atoms with Crippen LogP contribution in [0.3, 0.4) is 0 Å². The number of nitrogens with one attached hydrogen (secondary N) is 1. The van der Waals surface area contributed by atoms with Gasteiger partial charge in [0.1, 0.15) is 12.4 Å². The van der Waals surface area contributed by atoms with Crippen molar-refractivity contribution in [3.8, 4) is 0 Å². The van der Waals surface area contributed by atoms with Crippen LogP contribution in [0.2, 0.25) is 0 Å². The third-order valence-electron chi connectivity index (χ3n) is 4.93. The van der Waals surface area contributed by atoms with E-state index in [2.05, 4.69) is 15.5 Å². The summed E-state index contributed by atoms with van der Waals surface area (Å²) in [5.41, 5.74) is 2.36. The van der Waals surface area contributed by atoms with E-state index in [4.69, 9.17) is 0 Å². The Hall–Kier alpha value is -3.81. The molecule has 2 aromatic heterocycles. The summed E-state index contributed by atoms with van der Waals surface area (Å²) >= 11 is 0. The van der Waals surface area contributed by atoms with Gasteiger partial charge in [-0.2, -0.15) is 0 Å². The van der Waals surface area contributed by atoms with Crippen molar-refractivity contribution in [1.82, 2.24) is 19.2 Å². The molecule has 4 rings (SSSR count). The molecule has 0 bridgehead atoms. The SMILES string of the molecule is CCCc1nnc2c(=O)n(CC(=O)Nc3ccc(C(C)=O)cc3)c3ccccc3n12. The van der Waals surface area contributed by atoms with Crippen LogP contribution in [0.15, 0.2) is 53.3 Å². The van der Waals surface area contributed by atoms with Crippen molar-refractivity contribution in [2.24, 2.45) is 0 Å². The molecule has 0 radical (unpaired) electrons. The van der Waals surface area contributed by atoms with Crippen molar-refractivity contribution in [3.05, 3.63) is 70.3 Å². The molecule has 4 aromatic rings. The standard InChI is InChI=1S/C22H21N5O3/c1-3-6-19-24-25-21-22(30)26(17-7-4-5-8-18(17)27(19)21)13-20(29)23-16-11-9-15(10-12-16)14(2)28/h4-5,7-12H,3,6,13H2,1-2H3,(H,23,29). The average molecular weight is 403 g/mol. The predicted molar refractivity (Wildman–Crippen MR) is 114 cm³/mol. The molecular formula is C22H21N5O3. The Balaban J connectivity index is 1.71. The number of aromatic nitrogens is 4. The van der Waals surface area contributed by atoms with Gasteiger partial charge >= 0.3 is 0 Å². The normalized spacial score (nSPS) is 11.1. The number of carbonyl (C=O) groups excluding carboxylic acids is 2. The van der Waals surface area contributed by atoms with Gasteiger partial charge in [0.25, 0.3) is 5.56 Å². The van der Waals surface area contributed by atoms with Gasteiger partial charge in [-0.1, -0.05) is 19.1 Å². The maximum Gasteiger partial charge on any atom is 0.297 e. The number of aryl methyl sites for hydroxylation is 1. The van der Waals surface area contributed by atoms with E-state index < -0.39 is 0 Å². The molecule has 0 aliphatic rings. The molecule has 8 heteroatoms. The second kappa shape index (κ2) is 7.90. The van der Waals surface area contributed by atoms with Gasteiger partial charge in [0.15, 0.2) is 5.78 Å². The number of para-hydroxylation sites is 2. The van der Waals surface area contributed by atoms with E-state index >= 15 is 0 Å². The molecular weight excluding hydrogens is 382 g/mol. The van der Waals surface area contributed by atoms with Gasteiger partial charge in [-0.15, -0.1) is 10.2 Å². The fourth-order valence-corrected chi connectivity index (χ4v) is 3.49. The number of anilines is 1.